The van der Waals surface area contributed by atoms with E-state index >= 15 is 0 Å². The first kappa shape index (κ1) is 19.9. The highest BCUT2D eigenvalue weighted by Crippen LogP contribution is 2.27. The lowest BCUT2D eigenvalue weighted by molar-refractivity contribution is -0.116. The lowest BCUT2D eigenvalue weighted by atomic mass is 10.1. The second-order valence-electron chi connectivity index (χ2n) is 5.83. The minimum Gasteiger partial charge on any atom is -0.493 e. The molecule has 0 unspecified atom stereocenters. The number of amides is 1. The Morgan fingerprint density at radius 3 is 2.50 bits per heavy atom. The molecule has 138 valence electrons. The second-order valence-corrected chi connectivity index (χ2v) is 7.00. The van der Waals surface area contributed by atoms with Gasteiger partial charge in [0.25, 0.3) is 0 Å². The first-order valence-corrected chi connectivity index (χ1v) is 9.40. The third kappa shape index (κ3) is 5.85. The van der Waals surface area contributed by atoms with E-state index in [0.717, 1.165) is 11.3 Å². The summed E-state index contributed by atoms with van der Waals surface area (Å²) in [5.74, 6) is 2.02. The van der Waals surface area contributed by atoms with Crippen molar-refractivity contribution in [3.05, 3.63) is 59.2 Å². The number of benzene rings is 2. The molecule has 1 N–H and O–H groups in total. The van der Waals surface area contributed by atoms with Crippen LogP contribution in [0.25, 0.3) is 6.08 Å². The van der Waals surface area contributed by atoms with Crippen molar-refractivity contribution in [1.29, 1.82) is 0 Å². The normalized spacial score (nSPS) is 10.8. The number of carbonyl (C=O) groups excluding carboxylic acids is 1. The van der Waals surface area contributed by atoms with Crippen LogP contribution in [-0.2, 0) is 4.79 Å². The van der Waals surface area contributed by atoms with Crippen LogP contribution in [0.1, 0.15) is 16.7 Å². The summed E-state index contributed by atoms with van der Waals surface area (Å²) in [5, 5.41) is 2.90. The molecule has 0 saturated carbocycles. The highest BCUT2D eigenvalue weighted by Gasteiger charge is 2.03. The molecular weight excluding hydrogens is 346 g/mol. The molecule has 0 saturated heterocycles. The summed E-state index contributed by atoms with van der Waals surface area (Å²) in [5.41, 5.74) is 3.46. The van der Waals surface area contributed by atoms with Crippen LogP contribution in [0.5, 0.6) is 11.5 Å². The van der Waals surface area contributed by atoms with E-state index < -0.39 is 0 Å². The number of hydrogen-bond acceptors (Lipinski definition) is 4. The van der Waals surface area contributed by atoms with Crippen LogP contribution in [0, 0.1) is 13.8 Å². The molecular formula is C21H25NO3S. The number of nitrogens with one attached hydrogen (secondary N) is 1. The number of hydrogen-bond donors (Lipinski definition) is 1. The van der Waals surface area contributed by atoms with Crippen LogP contribution in [-0.4, -0.2) is 32.4 Å². The monoisotopic (exact) mass is 371 g/mol. The van der Waals surface area contributed by atoms with E-state index in [1.807, 2.05) is 18.2 Å². The van der Waals surface area contributed by atoms with Crippen molar-refractivity contribution in [2.45, 2.75) is 18.7 Å². The van der Waals surface area contributed by atoms with Crippen LogP contribution >= 0.6 is 11.8 Å². The highest BCUT2D eigenvalue weighted by atomic mass is 32.2. The first-order valence-electron chi connectivity index (χ1n) is 8.41. The van der Waals surface area contributed by atoms with Gasteiger partial charge in [0.15, 0.2) is 11.5 Å². The van der Waals surface area contributed by atoms with E-state index in [1.165, 1.54) is 22.1 Å². The van der Waals surface area contributed by atoms with E-state index in [9.17, 15) is 4.79 Å². The SMILES string of the molecule is COc1ccc(/C=C/C(=O)NCCSc2ccc(C)c(C)c2)cc1OC. The van der Waals surface area contributed by atoms with Crippen molar-refractivity contribution in [1.82, 2.24) is 5.32 Å². The van der Waals surface area contributed by atoms with Gasteiger partial charge in [0.2, 0.25) is 5.91 Å². The number of carbonyl (C=O) groups is 1. The molecule has 2 aromatic carbocycles. The topological polar surface area (TPSA) is 47.6 Å². The summed E-state index contributed by atoms with van der Waals surface area (Å²) < 4.78 is 10.5. The van der Waals surface area contributed by atoms with Gasteiger partial charge >= 0.3 is 0 Å². The number of aryl methyl sites for hydroxylation is 2. The second kappa shape index (κ2) is 9.92. The summed E-state index contributed by atoms with van der Waals surface area (Å²) in [4.78, 5) is 13.2. The Hall–Kier alpha value is -2.40. The molecule has 4 nitrogen and oxygen atoms in total. The minimum absolute atomic E-state index is 0.111. The molecule has 0 fully saturated rings. The van der Waals surface area contributed by atoms with E-state index in [-0.39, 0.29) is 5.91 Å². The molecule has 1 amide bonds. The van der Waals surface area contributed by atoms with Gasteiger partial charge < -0.3 is 14.8 Å². The zero-order chi connectivity index (χ0) is 18.9. The van der Waals surface area contributed by atoms with E-state index in [1.54, 1.807) is 32.1 Å². The predicted molar refractivity (Wildman–Crippen MR) is 108 cm³/mol. The largest absolute Gasteiger partial charge is 0.493 e. The van der Waals surface area contributed by atoms with Gasteiger partial charge in [-0.3, -0.25) is 4.79 Å². The maximum absolute atomic E-state index is 11.9. The Kier molecular flexibility index (Phi) is 7.60. The highest BCUT2D eigenvalue weighted by molar-refractivity contribution is 7.99. The van der Waals surface area contributed by atoms with Crippen LogP contribution < -0.4 is 14.8 Å². The molecule has 2 aromatic rings. The molecule has 0 aliphatic heterocycles. The Morgan fingerprint density at radius 1 is 1.04 bits per heavy atom. The Bertz CT molecular complexity index is 787. The molecule has 0 aromatic heterocycles. The van der Waals surface area contributed by atoms with Crippen LogP contribution in [0.4, 0.5) is 0 Å². The number of rotatable bonds is 8. The Labute approximate surface area is 159 Å². The minimum atomic E-state index is -0.111. The van der Waals surface area contributed by atoms with Gasteiger partial charge in [0.1, 0.15) is 0 Å². The van der Waals surface area contributed by atoms with Gasteiger partial charge in [-0.05, 0) is 60.9 Å². The van der Waals surface area contributed by atoms with Crippen molar-refractivity contribution in [3.8, 4) is 11.5 Å². The molecule has 0 spiro atoms. The lowest BCUT2D eigenvalue weighted by Gasteiger charge is -2.07. The quantitative estimate of drug-likeness (QED) is 0.428. The van der Waals surface area contributed by atoms with Gasteiger partial charge in [0.05, 0.1) is 14.2 Å². The fourth-order valence-corrected chi connectivity index (χ4v) is 3.20. The summed E-state index contributed by atoms with van der Waals surface area (Å²) in [6.45, 7) is 4.83. The van der Waals surface area contributed by atoms with E-state index in [0.29, 0.717) is 18.0 Å². The molecule has 0 bridgehead atoms. The van der Waals surface area contributed by atoms with Gasteiger partial charge in [-0.25, -0.2) is 0 Å². The third-order valence-electron chi connectivity index (χ3n) is 3.98. The molecule has 26 heavy (non-hydrogen) atoms. The Balaban J connectivity index is 1.79. The standard InChI is InChI=1S/C21H25NO3S/c1-15-5-8-18(13-16(15)2)26-12-11-22-21(23)10-7-17-6-9-19(24-3)20(14-17)25-4/h5-10,13-14H,11-12H2,1-4H3,(H,22,23)/b10-7+. The maximum atomic E-state index is 11.9. The van der Waals surface area contributed by atoms with E-state index in [4.69, 9.17) is 9.47 Å². The number of methoxy groups -OCH3 is 2. The van der Waals surface area contributed by atoms with Crippen LogP contribution in [0.3, 0.4) is 0 Å². The average Bonchev–Trinajstić information content (AvgIpc) is 2.66. The zero-order valence-corrected chi connectivity index (χ0v) is 16.5. The van der Waals surface area contributed by atoms with Gasteiger partial charge in [-0.1, -0.05) is 12.1 Å². The van der Waals surface area contributed by atoms with Gasteiger partial charge in [0, 0.05) is 23.3 Å². The molecule has 5 heteroatoms. The number of thioether (sulfide) groups is 1. The van der Waals surface area contributed by atoms with Crippen molar-refractivity contribution >= 4 is 23.7 Å². The predicted octanol–water partition coefficient (Wildman–Crippen LogP) is 4.24. The van der Waals surface area contributed by atoms with Crippen LogP contribution in [0.15, 0.2) is 47.4 Å². The van der Waals surface area contributed by atoms with Crippen molar-refractivity contribution in [2.24, 2.45) is 0 Å². The number of ether oxygens (including phenoxy) is 2. The summed E-state index contributed by atoms with van der Waals surface area (Å²) in [6.07, 6.45) is 3.29. The van der Waals surface area contributed by atoms with Crippen molar-refractivity contribution in [3.63, 3.8) is 0 Å². The molecule has 0 aliphatic rings. The fourth-order valence-electron chi connectivity index (χ4n) is 2.33. The Morgan fingerprint density at radius 2 is 1.81 bits per heavy atom. The van der Waals surface area contributed by atoms with Gasteiger partial charge in [-0.2, -0.15) is 0 Å². The maximum Gasteiger partial charge on any atom is 0.244 e. The van der Waals surface area contributed by atoms with Crippen LogP contribution in [0.2, 0.25) is 0 Å². The summed E-state index contributed by atoms with van der Waals surface area (Å²) >= 11 is 1.74. The van der Waals surface area contributed by atoms with Crippen molar-refractivity contribution in [2.75, 3.05) is 26.5 Å². The molecule has 0 heterocycles. The third-order valence-corrected chi connectivity index (χ3v) is 4.98. The average molecular weight is 372 g/mol. The lowest BCUT2D eigenvalue weighted by Crippen LogP contribution is -2.23. The van der Waals surface area contributed by atoms with Crippen molar-refractivity contribution < 1.29 is 14.3 Å². The summed E-state index contributed by atoms with van der Waals surface area (Å²) in [7, 11) is 3.18. The smallest absolute Gasteiger partial charge is 0.244 e. The van der Waals surface area contributed by atoms with E-state index in [2.05, 4.69) is 37.4 Å². The molecule has 0 atom stereocenters. The first-order chi connectivity index (χ1) is 12.5. The zero-order valence-electron chi connectivity index (χ0n) is 15.7. The molecule has 0 aliphatic carbocycles. The molecule has 0 radical (unpaired) electrons. The van der Waals surface area contributed by atoms with Gasteiger partial charge in [-0.15, -0.1) is 11.8 Å². The summed E-state index contributed by atoms with van der Waals surface area (Å²) in [6, 6.07) is 11.9. The molecule has 2 rings (SSSR count). The fraction of sp³-hybridized carbons (Fsp3) is 0.286.